The van der Waals surface area contributed by atoms with E-state index in [9.17, 15) is 8.42 Å². The van der Waals surface area contributed by atoms with Crippen molar-refractivity contribution in [3.05, 3.63) is 53.6 Å². The minimum Gasteiger partial charge on any atom is -0.497 e. The average molecular weight is 335 g/mol. The van der Waals surface area contributed by atoms with Gasteiger partial charge in [0.05, 0.1) is 19.1 Å². The van der Waals surface area contributed by atoms with Crippen molar-refractivity contribution in [2.75, 3.05) is 20.8 Å². The maximum atomic E-state index is 12.3. The fraction of sp³-hybridized carbons (Fsp3) is 0.294. The molecule has 0 radical (unpaired) electrons. The highest BCUT2D eigenvalue weighted by atomic mass is 32.2. The monoisotopic (exact) mass is 335 g/mol. The second kappa shape index (κ2) is 7.48. The molecular formula is C17H21NO4S. The highest BCUT2D eigenvalue weighted by Crippen LogP contribution is 2.21. The molecule has 2 aromatic carbocycles. The Labute approximate surface area is 137 Å². The summed E-state index contributed by atoms with van der Waals surface area (Å²) in [6.45, 7) is 2.13. The molecule has 0 fully saturated rings. The van der Waals surface area contributed by atoms with Gasteiger partial charge in [0.2, 0.25) is 10.0 Å². The van der Waals surface area contributed by atoms with E-state index < -0.39 is 10.0 Å². The lowest BCUT2D eigenvalue weighted by Gasteiger charge is -2.10. The molecule has 0 atom stereocenters. The third-order valence-electron chi connectivity index (χ3n) is 3.52. The van der Waals surface area contributed by atoms with Crippen LogP contribution in [0.15, 0.2) is 47.4 Å². The van der Waals surface area contributed by atoms with E-state index in [1.165, 1.54) is 0 Å². The van der Waals surface area contributed by atoms with Gasteiger partial charge in [-0.15, -0.1) is 0 Å². The van der Waals surface area contributed by atoms with Gasteiger partial charge in [-0.3, -0.25) is 0 Å². The third-order valence-corrected chi connectivity index (χ3v) is 4.98. The van der Waals surface area contributed by atoms with Gasteiger partial charge < -0.3 is 9.47 Å². The van der Waals surface area contributed by atoms with Crippen LogP contribution in [0.2, 0.25) is 0 Å². The van der Waals surface area contributed by atoms with E-state index in [0.29, 0.717) is 18.7 Å². The molecule has 0 aliphatic rings. The molecule has 0 spiro atoms. The van der Waals surface area contributed by atoms with E-state index in [1.54, 1.807) is 32.4 Å². The van der Waals surface area contributed by atoms with Gasteiger partial charge in [0.25, 0.3) is 0 Å². The van der Waals surface area contributed by atoms with Crippen molar-refractivity contribution in [1.82, 2.24) is 4.72 Å². The topological polar surface area (TPSA) is 64.6 Å². The number of methoxy groups -OCH3 is 2. The third kappa shape index (κ3) is 4.46. The molecule has 23 heavy (non-hydrogen) atoms. The Balaban J connectivity index is 2.02. The van der Waals surface area contributed by atoms with Gasteiger partial charge in [0.1, 0.15) is 11.5 Å². The lowest BCUT2D eigenvalue weighted by Crippen LogP contribution is -2.26. The maximum Gasteiger partial charge on any atom is 0.240 e. The van der Waals surface area contributed by atoms with Gasteiger partial charge in [-0.1, -0.05) is 12.1 Å². The summed E-state index contributed by atoms with van der Waals surface area (Å²) >= 11 is 0. The first kappa shape index (κ1) is 17.3. The number of benzene rings is 2. The van der Waals surface area contributed by atoms with Crippen molar-refractivity contribution in [3.63, 3.8) is 0 Å². The van der Waals surface area contributed by atoms with Crippen LogP contribution in [-0.4, -0.2) is 29.2 Å². The number of hydrogen-bond acceptors (Lipinski definition) is 4. The van der Waals surface area contributed by atoms with Gasteiger partial charge in [-0.2, -0.15) is 0 Å². The number of aryl methyl sites for hydroxylation is 1. The van der Waals surface area contributed by atoms with Crippen LogP contribution in [0.25, 0.3) is 0 Å². The Bertz CT molecular complexity index is 772. The van der Waals surface area contributed by atoms with Crippen LogP contribution >= 0.6 is 0 Å². The average Bonchev–Trinajstić information content (AvgIpc) is 2.54. The van der Waals surface area contributed by atoms with Crippen molar-refractivity contribution in [2.45, 2.75) is 18.2 Å². The zero-order valence-corrected chi connectivity index (χ0v) is 14.3. The molecule has 0 heterocycles. The Morgan fingerprint density at radius 2 is 1.83 bits per heavy atom. The van der Waals surface area contributed by atoms with E-state index in [-0.39, 0.29) is 4.90 Å². The zero-order chi connectivity index (χ0) is 16.9. The van der Waals surface area contributed by atoms with Crippen molar-refractivity contribution in [1.29, 1.82) is 0 Å². The Morgan fingerprint density at radius 3 is 2.48 bits per heavy atom. The Kier molecular flexibility index (Phi) is 5.63. The van der Waals surface area contributed by atoms with E-state index in [0.717, 1.165) is 16.9 Å². The number of rotatable bonds is 7. The Morgan fingerprint density at radius 1 is 1.04 bits per heavy atom. The number of hydrogen-bond donors (Lipinski definition) is 1. The first-order chi connectivity index (χ1) is 11.0. The van der Waals surface area contributed by atoms with E-state index in [1.807, 2.05) is 31.2 Å². The summed E-state index contributed by atoms with van der Waals surface area (Å²) < 4.78 is 37.6. The molecule has 0 unspecified atom stereocenters. The van der Waals surface area contributed by atoms with Crippen LogP contribution in [0, 0.1) is 6.92 Å². The van der Waals surface area contributed by atoms with Crippen molar-refractivity contribution in [3.8, 4) is 11.5 Å². The lowest BCUT2D eigenvalue weighted by molar-refractivity contribution is 0.411. The largest absolute Gasteiger partial charge is 0.497 e. The fourth-order valence-corrected chi connectivity index (χ4v) is 3.38. The van der Waals surface area contributed by atoms with Gasteiger partial charge in [-0.25, -0.2) is 13.1 Å². The van der Waals surface area contributed by atoms with Crippen LogP contribution in [0.5, 0.6) is 11.5 Å². The van der Waals surface area contributed by atoms with Gasteiger partial charge in [0.15, 0.2) is 0 Å². The first-order valence-corrected chi connectivity index (χ1v) is 8.72. The molecule has 0 aliphatic carbocycles. The molecule has 0 aromatic heterocycles. The van der Waals surface area contributed by atoms with Crippen molar-refractivity contribution >= 4 is 10.0 Å². The summed E-state index contributed by atoms with van der Waals surface area (Å²) in [5.74, 6) is 1.43. The smallest absolute Gasteiger partial charge is 0.240 e. The summed E-state index contributed by atoms with van der Waals surface area (Å²) in [6.07, 6.45) is 0.589. The Hall–Kier alpha value is -2.05. The molecule has 0 aliphatic heterocycles. The van der Waals surface area contributed by atoms with Crippen LogP contribution < -0.4 is 14.2 Å². The maximum absolute atomic E-state index is 12.3. The molecule has 2 aromatic rings. The van der Waals surface area contributed by atoms with E-state index >= 15 is 0 Å². The van der Waals surface area contributed by atoms with Crippen molar-refractivity contribution < 1.29 is 17.9 Å². The second-order valence-electron chi connectivity index (χ2n) is 5.13. The molecule has 0 bridgehead atoms. The minimum atomic E-state index is -3.53. The van der Waals surface area contributed by atoms with E-state index in [2.05, 4.69) is 4.72 Å². The number of sulfonamides is 1. The second-order valence-corrected chi connectivity index (χ2v) is 6.90. The van der Waals surface area contributed by atoms with Gasteiger partial charge >= 0.3 is 0 Å². The predicted octanol–water partition coefficient (Wildman–Crippen LogP) is 2.53. The summed E-state index contributed by atoms with van der Waals surface area (Å²) in [6, 6.07) is 12.4. The molecular weight excluding hydrogens is 314 g/mol. The molecule has 0 saturated heterocycles. The van der Waals surface area contributed by atoms with E-state index in [4.69, 9.17) is 9.47 Å². The standard InChI is InChI=1S/C17H21NO4S/c1-13-11-16(7-8-17(13)22-3)23(19,20)18-10-9-14-5-4-6-15(12-14)21-2/h4-8,11-12,18H,9-10H2,1-3H3. The molecule has 6 heteroatoms. The summed E-state index contributed by atoms with van der Waals surface area (Å²) in [7, 11) is -0.367. The normalized spacial score (nSPS) is 11.3. The van der Waals surface area contributed by atoms with Crippen LogP contribution in [0.1, 0.15) is 11.1 Å². The highest BCUT2D eigenvalue weighted by Gasteiger charge is 2.14. The quantitative estimate of drug-likeness (QED) is 0.844. The van der Waals surface area contributed by atoms with Crippen LogP contribution in [0.4, 0.5) is 0 Å². The van der Waals surface area contributed by atoms with Crippen molar-refractivity contribution in [2.24, 2.45) is 0 Å². The first-order valence-electron chi connectivity index (χ1n) is 7.23. The summed E-state index contributed by atoms with van der Waals surface area (Å²) in [5.41, 5.74) is 1.79. The molecule has 2 rings (SSSR count). The summed E-state index contributed by atoms with van der Waals surface area (Å²) in [5, 5.41) is 0. The van der Waals surface area contributed by atoms with Gasteiger partial charge in [0, 0.05) is 6.54 Å². The molecule has 5 nitrogen and oxygen atoms in total. The van der Waals surface area contributed by atoms with Crippen LogP contribution in [0.3, 0.4) is 0 Å². The minimum absolute atomic E-state index is 0.237. The number of nitrogens with one attached hydrogen (secondary N) is 1. The lowest BCUT2D eigenvalue weighted by atomic mass is 10.1. The molecule has 124 valence electrons. The molecule has 1 N–H and O–H groups in total. The fourth-order valence-electron chi connectivity index (χ4n) is 2.26. The predicted molar refractivity (Wildman–Crippen MR) is 89.6 cm³/mol. The number of ether oxygens (including phenoxy) is 2. The highest BCUT2D eigenvalue weighted by molar-refractivity contribution is 7.89. The van der Waals surface area contributed by atoms with Gasteiger partial charge in [-0.05, 0) is 54.8 Å². The molecule has 0 saturated carbocycles. The summed E-state index contributed by atoms with van der Waals surface area (Å²) in [4.78, 5) is 0.237. The SMILES string of the molecule is COc1cccc(CCNS(=O)(=O)c2ccc(OC)c(C)c2)c1. The van der Waals surface area contributed by atoms with Crippen LogP contribution in [-0.2, 0) is 16.4 Å². The zero-order valence-electron chi connectivity index (χ0n) is 13.5. The molecule has 0 amide bonds.